The van der Waals surface area contributed by atoms with Crippen LogP contribution in [0.2, 0.25) is 0 Å². The second kappa shape index (κ2) is 3.83. The van der Waals surface area contributed by atoms with Crippen molar-refractivity contribution >= 4 is 17.1 Å². The molecule has 18 heavy (non-hydrogen) atoms. The Labute approximate surface area is 104 Å². The quantitative estimate of drug-likeness (QED) is 0.730. The van der Waals surface area contributed by atoms with Crippen LogP contribution >= 0.6 is 0 Å². The van der Waals surface area contributed by atoms with Crippen LogP contribution in [0.15, 0.2) is 24.5 Å². The molecule has 6 nitrogen and oxygen atoms in total. The van der Waals surface area contributed by atoms with Gasteiger partial charge in [0.1, 0.15) is 5.52 Å². The molecule has 3 aromatic heterocycles. The molecule has 3 heterocycles. The highest BCUT2D eigenvalue weighted by molar-refractivity contribution is 5.74. The smallest absolute Gasteiger partial charge is 0.202 e. The van der Waals surface area contributed by atoms with Crippen molar-refractivity contribution in [1.29, 1.82) is 0 Å². The molecule has 0 bridgehead atoms. The van der Waals surface area contributed by atoms with E-state index in [4.69, 9.17) is 5.73 Å². The van der Waals surface area contributed by atoms with Crippen molar-refractivity contribution < 1.29 is 0 Å². The Morgan fingerprint density at radius 2 is 2.22 bits per heavy atom. The van der Waals surface area contributed by atoms with Gasteiger partial charge >= 0.3 is 0 Å². The van der Waals surface area contributed by atoms with E-state index in [-0.39, 0.29) is 0 Å². The van der Waals surface area contributed by atoms with E-state index in [1.54, 1.807) is 4.68 Å². The van der Waals surface area contributed by atoms with Crippen molar-refractivity contribution in [2.45, 2.75) is 13.5 Å². The molecule has 3 rings (SSSR count). The molecule has 3 aromatic rings. The highest BCUT2D eigenvalue weighted by atomic mass is 15.3. The van der Waals surface area contributed by atoms with Gasteiger partial charge < -0.3 is 5.73 Å². The minimum atomic E-state index is 0.466. The molecule has 0 spiro atoms. The Kier molecular flexibility index (Phi) is 2.29. The fourth-order valence-electron chi connectivity index (χ4n) is 1.99. The zero-order valence-electron chi connectivity index (χ0n) is 10.3. The first-order chi connectivity index (χ1) is 8.63. The highest BCUT2D eigenvalue weighted by Crippen LogP contribution is 2.17. The number of aryl methyl sites for hydroxylation is 2. The summed E-state index contributed by atoms with van der Waals surface area (Å²) in [6.07, 6.45) is 3.72. The molecule has 0 aliphatic heterocycles. The Morgan fingerprint density at radius 1 is 1.39 bits per heavy atom. The largest absolute Gasteiger partial charge is 0.369 e. The van der Waals surface area contributed by atoms with Gasteiger partial charge in [-0.3, -0.25) is 9.25 Å². The lowest BCUT2D eigenvalue weighted by Gasteiger charge is -2.03. The van der Waals surface area contributed by atoms with Gasteiger partial charge in [0.15, 0.2) is 5.65 Å². The molecule has 92 valence electrons. The maximum Gasteiger partial charge on any atom is 0.202 e. The minimum absolute atomic E-state index is 0.466. The van der Waals surface area contributed by atoms with Crippen molar-refractivity contribution in [3.8, 4) is 0 Å². The molecule has 2 N–H and O–H groups in total. The Morgan fingerprint density at radius 3 is 2.94 bits per heavy atom. The molecule has 0 aliphatic carbocycles. The summed E-state index contributed by atoms with van der Waals surface area (Å²) < 4.78 is 3.64. The first-order valence-corrected chi connectivity index (χ1v) is 5.70. The number of rotatable bonds is 2. The van der Waals surface area contributed by atoms with Crippen molar-refractivity contribution in [1.82, 2.24) is 24.3 Å². The molecule has 0 atom stereocenters. The number of aromatic nitrogens is 5. The third-order valence-electron chi connectivity index (χ3n) is 2.84. The SMILES string of the molecule is Cc1cnc2c(c1)nc(N)n2Cc1ccn(C)n1. The number of imidazole rings is 1. The minimum Gasteiger partial charge on any atom is -0.369 e. The summed E-state index contributed by atoms with van der Waals surface area (Å²) >= 11 is 0. The number of anilines is 1. The summed E-state index contributed by atoms with van der Waals surface area (Å²) in [5, 5.41) is 4.34. The fraction of sp³-hybridized carbons (Fsp3) is 0.250. The summed E-state index contributed by atoms with van der Waals surface area (Å²) in [6.45, 7) is 2.57. The summed E-state index contributed by atoms with van der Waals surface area (Å²) in [4.78, 5) is 8.71. The van der Waals surface area contributed by atoms with E-state index >= 15 is 0 Å². The second-order valence-electron chi connectivity index (χ2n) is 4.39. The third-order valence-corrected chi connectivity index (χ3v) is 2.84. The topological polar surface area (TPSA) is 74.5 Å². The van der Waals surface area contributed by atoms with Gasteiger partial charge in [-0.1, -0.05) is 0 Å². The number of fused-ring (bicyclic) bond motifs is 1. The summed E-state index contributed by atoms with van der Waals surface area (Å²) in [6, 6.07) is 3.94. The number of pyridine rings is 1. The number of nitrogen functional groups attached to an aromatic ring is 1. The molecule has 0 aromatic carbocycles. The van der Waals surface area contributed by atoms with Crippen molar-refractivity contribution in [3.63, 3.8) is 0 Å². The second-order valence-corrected chi connectivity index (χ2v) is 4.39. The average Bonchev–Trinajstić information content (AvgIpc) is 2.84. The van der Waals surface area contributed by atoms with E-state index in [0.717, 1.165) is 22.4 Å². The van der Waals surface area contributed by atoms with Gasteiger partial charge in [-0.25, -0.2) is 9.97 Å². The van der Waals surface area contributed by atoms with Crippen LogP contribution in [0.1, 0.15) is 11.3 Å². The van der Waals surface area contributed by atoms with Gasteiger partial charge in [0, 0.05) is 19.4 Å². The molecule has 0 saturated heterocycles. The number of hydrogen-bond acceptors (Lipinski definition) is 4. The van der Waals surface area contributed by atoms with E-state index in [9.17, 15) is 0 Å². The van der Waals surface area contributed by atoms with Gasteiger partial charge in [0.25, 0.3) is 0 Å². The van der Waals surface area contributed by atoms with Crippen LogP contribution < -0.4 is 5.73 Å². The Hall–Kier alpha value is -2.37. The predicted molar refractivity (Wildman–Crippen MR) is 69.0 cm³/mol. The van der Waals surface area contributed by atoms with Crippen molar-refractivity contribution in [2.24, 2.45) is 7.05 Å². The maximum absolute atomic E-state index is 5.94. The summed E-state index contributed by atoms with van der Waals surface area (Å²) in [5.74, 6) is 0.466. The van der Waals surface area contributed by atoms with E-state index in [0.29, 0.717) is 12.5 Å². The van der Waals surface area contributed by atoms with Crippen molar-refractivity contribution in [3.05, 3.63) is 35.8 Å². The monoisotopic (exact) mass is 242 g/mol. The van der Waals surface area contributed by atoms with Crippen LogP contribution in [-0.4, -0.2) is 24.3 Å². The van der Waals surface area contributed by atoms with Gasteiger partial charge in [-0.05, 0) is 24.6 Å². The predicted octanol–water partition coefficient (Wildman–Crippen LogP) is 1.10. The zero-order chi connectivity index (χ0) is 12.7. The molecule has 0 amide bonds. The van der Waals surface area contributed by atoms with Crippen LogP contribution in [0.3, 0.4) is 0 Å². The van der Waals surface area contributed by atoms with Gasteiger partial charge in [0.2, 0.25) is 5.95 Å². The zero-order valence-corrected chi connectivity index (χ0v) is 10.3. The molecule has 0 unspecified atom stereocenters. The van der Waals surface area contributed by atoms with Crippen LogP contribution in [0.25, 0.3) is 11.2 Å². The van der Waals surface area contributed by atoms with Crippen LogP contribution in [0.4, 0.5) is 5.95 Å². The third kappa shape index (κ3) is 1.71. The number of hydrogen-bond donors (Lipinski definition) is 1. The maximum atomic E-state index is 5.94. The summed E-state index contributed by atoms with van der Waals surface area (Å²) in [5.41, 5.74) is 9.56. The highest BCUT2D eigenvalue weighted by Gasteiger charge is 2.10. The molecular weight excluding hydrogens is 228 g/mol. The van der Waals surface area contributed by atoms with Gasteiger partial charge in [-0.15, -0.1) is 0 Å². The molecule has 0 fully saturated rings. The van der Waals surface area contributed by atoms with E-state index in [1.807, 2.05) is 43.1 Å². The van der Waals surface area contributed by atoms with Crippen LogP contribution in [0, 0.1) is 6.92 Å². The molecule has 0 radical (unpaired) electrons. The first-order valence-electron chi connectivity index (χ1n) is 5.70. The molecule has 6 heteroatoms. The molecule has 0 saturated carbocycles. The molecular formula is C12H14N6. The van der Waals surface area contributed by atoms with Crippen molar-refractivity contribution in [2.75, 3.05) is 5.73 Å². The fourth-order valence-corrected chi connectivity index (χ4v) is 1.99. The normalized spacial score (nSPS) is 11.2. The van der Waals surface area contributed by atoms with E-state index in [2.05, 4.69) is 15.1 Å². The summed E-state index contributed by atoms with van der Waals surface area (Å²) in [7, 11) is 1.89. The lowest BCUT2D eigenvalue weighted by atomic mass is 10.3. The van der Waals surface area contributed by atoms with E-state index < -0.39 is 0 Å². The number of nitrogens with zero attached hydrogens (tertiary/aromatic N) is 5. The standard InChI is InChI=1S/C12H14N6/c1-8-5-10-11(14-6-8)18(12(13)15-10)7-9-3-4-17(2)16-9/h3-6H,7H2,1-2H3,(H2,13,15). The van der Waals surface area contributed by atoms with Crippen LogP contribution in [0.5, 0.6) is 0 Å². The Balaban J connectivity index is 2.08. The van der Waals surface area contributed by atoms with E-state index in [1.165, 1.54) is 0 Å². The van der Waals surface area contributed by atoms with Crippen LogP contribution in [-0.2, 0) is 13.6 Å². The number of nitrogens with two attached hydrogens (primary N) is 1. The van der Waals surface area contributed by atoms with Gasteiger partial charge in [-0.2, -0.15) is 5.10 Å². The lowest BCUT2D eigenvalue weighted by molar-refractivity contribution is 0.715. The van der Waals surface area contributed by atoms with Gasteiger partial charge in [0.05, 0.1) is 12.2 Å². The molecule has 0 aliphatic rings. The first kappa shape index (κ1) is 10.8. The Bertz CT molecular complexity index is 709. The average molecular weight is 242 g/mol. The lowest BCUT2D eigenvalue weighted by Crippen LogP contribution is -2.06.